The highest BCUT2D eigenvalue weighted by Crippen LogP contribution is 2.23. The van der Waals surface area contributed by atoms with Gasteiger partial charge in [-0.3, -0.25) is 14.0 Å². The predicted octanol–water partition coefficient (Wildman–Crippen LogP) is 3.07. The summed E-state index contributed by atoms with van der Waals surface area (Å²) in [5.74, 6) is -0.539. The molecule has 4 aromatic rings. The van der Waals surface area contributed by atoms with Crippen molar-refractivity contribution in [2.45, 2.75) is 39.3 Å². The van der Waals surface area contributed by atoms with Gasteiger partial charge in [-0.05, 0) is 56.5 Å². The van der Waals surface area contributed by atoms with Crippen molar-refractivity contribution in [2.75, 3.05) is 27.4 Å². The van der Waals surface area contributed by atoms with E-state index in [2.05, 4.69) is 4.99 Å². The number of aromatic nitrogens is 3. The molecule has 0 bridgehead atoms. The van der Waals surface area contributed by atoms with E-state index in [9.17, 15) is 14.4 Å². The minimum absolute atomic E-state index is 0.0259. The molecule has 40 heavy (non-hydrogen) atoms. The first kappa shape index (κ1) is 27.1. The third kappa shape index (κ3) is 5.07. The minimum atomic E-state index is -0.714. The molecule has 0 radical (unpaired) electrons. The number of hydrogen-bond acceptors (Lipinski definition) is 8. The first-order chi connectivity index (χ1) is 19.3. The fourth-order valence-electron chi connectivity index (χ4n) is 4.82. The largest absolute Gasteiger partial charge is 0.497 e. The molecule has 0 aliphatic carbocycles. The van der Waals surface area contributed by atoms with Crippen LogP contribution >= 0.6 is 0 Å². The van der Waals surface area contributed by atoms with Crippen molar-refractivity contribution in [3.63, 3.8) is 0 Å². The first-order valence-corrected chi connectivity index (χ1v) is 13.0. The highest BCUT2D eigenvalue weighted by Gasteiger charge is 2.24. The molecular formula is C29H30N4O7. The van der Waals surface area contributed by atoms with Gasteiger partial charge in [-0.2, -0.15) is 4.99 Å². The summed E-state index contributed by atoms with van der Waals surface area (Å²) >= 11 is 0. The van der Waals surface area contributed by atoms with Gasteiger partial charge in [-0.15, -0.1) is 0 Å². The van der Waals surface area contributed by atoms with E-state index in [-0.39, 0.29) is 52.5 Å². The number of rotatable bonds is 7. The highest BCUT2D eigenvalue weighted by molar-refractivity contribution is 5.97. The van der Waals surface area contributed by atoms with Crippen molar-refractivity contribution in [1.29, 1.82) is 0 Å². The van der Waals surface area contributed by atoms with Gasteiger partial charge in [0.25, 0.3) is 11.5 Å². The maximum atomic E-state index is 13.7. The molecule has 5 rings (SSSR count). The summed E-state index contributed by atoms with van der Waals surface area (Å²) in [5.41, 5.74) is 1.37. The maximum absolute atomic E-state index is 13.7. The second-order valence-corrected chi connectivity index (χ2v) is 9.41. The van der Waals surface area contributed by atoms with E-state index in [1.807, 2.05) is 13.0 Å². The molecule has 1 fully saturated rings. The molecule has 1 atom stereocenters. The lowest BCUT2D eigenvalue weighted by atomic mass is 10.1. The van der Waals surface area contributed by atoms with Gasteiger partial charge in [-0.25, -0.2) is 9.78 Å². The van der Waals surface area contributed by atoms with Crippen LogP contribution in [0.25, 0.3) is 16.7 Å². The highest BCUT2D eigenvalue weighted by atomic mass is 16.5. The van der Waals surface area contributed by atoms with Crippen molar-refractivity contribution in [1.82, 2.24) is 14.0 Å². The number of nitrogens with zero attached hydrogens (tertiary/aromatic N) is 4. The number of methoxy groups -OCH3 is 2. The van der Waals surface area contributed by atoms with E-state index >= 15 is 0 Å². The number of amides is 1. The average molecular weight is 547 g/mol. The van der Waals surface area contributed by atoms with Crippen molar-refractivity contribution >= 4 is 28.6 Å². The summed E-state index contributed by atoms with van der Waals surface area (Å²) in [7, 11) is 2.96. The topological polar surface area (TPSA) is 123 Å². The van der Waals surface area contributed by atoms with Gasteiger partial charge in [0.1, 0.15) is 28.4 Å². The Balaban J connectivity index is 1.86. The van der Waals surface area contributed by atoms with Crippen LogP contribution in [-0.4, -0.2) is 59.4 Å². The molecule has 3 aromatic heterocycles. The Kier molecular flexibility index (Phi) is 7.65. The monoisotopic (exact) mass is 546 g/mol. The van der Waals surface area contributed by atoms with E-state index in [4.69, 9.17) is 23.9 Å². The first-order valence-electron chi connectivity index (χ1n) is 13.0. The molecule has 1 amide bonds. The third-order valence-electron chi connectivity index (χ3n) is 6.82. The molecule has 11 nitrogen and oxygen atoms in total. The third-order valence-corrected chi connectivity index (χ3v) is 6.82. The van der Waals surface area contributed by atoms with Crippen LogP contribution in [0.15, 0.2) is 52.4 Å². The number of carbonyl (C=O) groups excluding carboxylic acids is 2. The van der Waals surface area contributed by atoms with Gasteiger partial charge in [0.05, 0.1) is 38.9 Å². The van der Waals surface area contributed by atoms with Crippen LogP contribution in [0.3, 0.4) is 0 Å². The molecule has 1 aromatic carbocycles. The Labute approximate surface area is 229 Å². The molecule has 0 N–H and O–H groups in total. The van der Waals surface area contributed by atoms with Crippen LogP contribution in [0, 0.1) is 6.92 Å². The molecule has 0 saturated carbocycles. The van der Waals surface area contributed by atoms with Crippen LogP contribution in [0.2, 0.25) is 0 Å². The zero-order valence-corrected chi connectivity index (χ0v) is 22.8. The molecular weight excluding hydrogens is 516 g/mol. The van der Waals surface area contributed by atoms with Crippen LogP contribution in [0.5, 0.6) is 11.5 Å². The second kappa shape index (κ2) is 11.3. The van der Waals surface area contributed by atoms with Gasteiger partial charge in [0.2, 0.25) is 0 Å². The number of fused-ring (bicyclic) bond motifs is 2. The number of hydrogen-bond donors (Lipinski definition) is 0. The summed E-state index contributed by atoms with van der Waals surface area (Å²) in [6, 6.07) is 9.72. The molecule has 4 heterocycles. The van der Waals surface area contributed by atoms with Gasteiger partial charge in [0, 0.05) is 24.4 Å². The molecule has 1 aliphatic rings. The van der Waals surface area contributed by atoms with Crippen molar-refractivity contribution in [2.24, 2.45) is 4.99 Å². The zero-order valence-electron chi connectivity index (χ0n) is 22.8. The smallest absolute Gasteiger partial charge is 0.341 e. The fourth-order valence-corrected chi connectivity index (χ4v) is 4.82. The van der Waals surface area contributed by atoms with Gasteiger partial charge in [-0.1, -0.05) is 6.07 Å². The van der Waals surface area contributed by atoms with Crippen LogP contribution < -0.4 is 20.5 Å². The number of aryl methyl sites for hydroxylation is 1. The molecule has 1 saturated heterocycles. The molecule has 0 unspecified atom stereocenters. The summed E-state index contributed by atoms with van der Waals surface area (Å²) < 4.78 is 24.9. The number of benzene rings is 1. The number of esters is 1. The molecule has 208 valence electrons. The molecule has 0 spiro atoms. The van der Waals surface area contributed by atoms with Crippen LogP contribution in [0.4, 0.5) is 0 Å². The Morgan fingerprint density at radius 3 is 2.52 bits per heavy atom. The Hall–Kier alpha value is -4.51. The van der Waals surface area contributed by atoms with Gasteiger partial charge < -0.3 is 23.5 Å². The van der Waals surface area contributed by atoms with E-state index < -0.39 is 11.9 Å². The van der Waals surface area contributed by atoms with Gasteiger partial charge >= 0.3 is 5.97 Å². The lowest BCUT2D eigenvalue weighted by Gasteiger charge is -2.18. The number of ether oxygens (including phenoxy) is 4. The van der Waals surface area contributed by atoms with E-state index in [0.717, 1.165) is 18.4 Å². The summed E-state index contributed by atoms with van der Waals surface area (Å²) in [6.07, 6.45) is 3.05. The Morgan fingerprint density at radius 2 is 1.88 bits per heavy atom. The van der Waals surface area contributed by atoms with Crippen LogP contribution in [-0.2, 0) is 16.0 Å². The van der Waals surface area contributed by atoms with E-state index in [1.54, 1.807) is 29.8 Å². The minimum Gasteiger partial charge on any atom is -0.497 e. The fraction of sp³-hybridized carbons (Fsp3) is 0.345. The van der Waals surface area contributed by atoms with Crippen LogP contribution in [0.1, 0.15) is 46.0 Å². The predicted molar refractivity (Wildman–Crippen MR) is 146 cm³/mol. The normalized spacial score (nSPS) is 15.5. The zero-order chi connectivity index (χ0) is 28.4. The summed E-state index contributed by atoms with van der Waals surface area (Å²) in [6.45, 7) is 4.45. The van der Waals surface area contributed by atoms with Crippen molar-refractivity contribution < 1.29 is 28.5 Å². The average Bonchev–Trinajstić information content (AvgIpc) is 3.48. The number of pyridine rings is 2. The molecule has 11 heteroatoms. The molecule has 1 aliphatic heterocycles. The van der Waals surface area contributed by atoms with E-state index in [0.29, 0.717) is 23.8 Å². The Morgan fingerprint density at radius 1 is 1.12 bits per heavy atom. The summed E-state index contributed by atoms with van der Waals surface area (Å²) in [5, 5.41) is 0.193. The second-order valence-electron chi connectivity index (χ2n) is 9.41. The standard InChI is InChI=1S/C29H30N4O7/c1-5-39-29(36)23-15-22-25(30-24-17(2)8-6-10-32(24)28(22)35)33(16-19-9-7-11-40-19)26(23)31-27(34)18-12-20(37-3)14-21(13-18)38-4/h6,8,10,12-15,19H,5,7,9,11,16H2,1-4H3/t19-/m1/s1. The van der Waals surface area contributed by atoms with Crippen molar-refractivity contribution in [3.05, 3.63) is 75.1 Å². The SMILES string of the molecule is CCOC(=O)c1cc2c(=O)n3cccc(C)c3nc2n(C[C@H]2CCCO2)c1=NC(=O)c1cc(OC)cc(OC)c1. The summed E-state index contributed by atoms with van der Waals surface area (Å²) in [4.78, 5) is 49.7. The van der Waals surface area contributed by atoms with E-state index in [1.165, 1.54) is 36.8 Å². The lowest BCUT2D eigenvalue weighted by molar-refractivity contribution is 0.0521. The van der Waals surface area contributed by atoms with Crippen molar-refractivity contribution in [3.8, 4) is 11.5 Å². The quantitative estimate of drug-likeness (QED) is 0.256. The maximum Gasteiger partial charge on any atom is 0.341 e. The van der Waals surface area contributed by atoms with Gasteiger partial charge in [0.15, 0.2) is 5.49 Å². The number of carbonyl (C=O) groups is 2. The lowest BCUT2D eigenvalue weighted by Crippen LogP contribution is -2.35. The Bertz CT molecular complexity index is 1730.